The highest BCUT2D eigenvalue weighted by Crippen LogP contribution is 1.91. The third-order valence-electron chi connectivity index (χ3n) is 1.95. The zero-order valence-electron chi connectivity index (χ0n) is 9.91. The van der Waals surface area contributed by atoms with E-state index in [1.165, 1.54) is 17.0 Å². The number of hydrogen-bond donors (Lipinski definition) is 2. The van der Waals surface area contributed by atoms with Gasteiger partial charge in [-0.25, -0.2) is 9.48 Å². The third kappa shape index (κ3) is 4.60. The van der Waals surface area contributed by atoms with Gasteiger partial charge in [-0.05, 0) is 6.92 Å². The molecule has 18 heavy (non-hydrogen) atoms. The molecule has 1 amide bonds. The first-order valence-corrected chi connectivity index (χ1v) is 5.34. The second kappa shape index (κ2) is 7.00. The third-order valence-corrected chi connectivity index (χ3v) is 1.95. The van der Waals surface area contributed by atoms with Crippen LogP contribution in [-0.2, 0) is 11.3 Å². The Balaban J connectivity index is 2.32. The summed E-state index contributed by atoms with van der Waals surface area (Å²) in [5, 5.41) is 18.3. The fourth-order valence-corrected chi connectivity index (χ4v) is 1.11. The number of carboxylic acid groups (broad SMARTS) is 1. The molecule has 96 valence electrons. The number of nitrogens with zero attached hydrogens (tertiary/aromatic N) is 3. The summed E-state index contributed by atoms with van der Waals surface area (Å²) in [7, 11) is 0. The molecule has 1 rings (SSSR count). The number of hydrogen-bond acceptors (Lipinski definition) is 4. The van der Waals surface area contributed by atoms with Crippen LogP contribution in [0.25, 0.3) is 0 Å². The fraction of sp³-hybridized carbons (Fsp3) is 0.273. The molecule has 1 aromatic rings. The smallest absolute Gasteiger partial charge is 0.358 e. The minimum Gasteiger partial charge on any atom is -0.476 e. The SMILES string of the molecule is CC=CC=CC(=O)NCCn1cc(C(=O)O)nn1. The van der Waals surface area contributed by atoms with E-state index in [4.69, 9.17) is 5.11 Å². The Morgan fingerprint density at radius 2 is 2.28 bits per heavy atom. The average molecular weight is 250 g/mol. The van der Waals surface area contributed by atoms with Gasteiger partial charge in [0.1, 0.15) is 0 Å². The average Bonchev–Trinajstić information content (AvgIpc) is 2.78. The number of carbonyl (C=O) groups is 2. The van der Waals surface area contributed by atoms with Crippen molar-refractivity contribution in [2.45, 2.75) is 13.5 Å². The van der Waals surface area contributed by atoms with E-state index >= 15 is 0 Å². The minimum atomic E-state index is -1.13. The first kappa shape index (κ1) is 13.6. The molecule has 2 N–H and O–H groups in total. The maximum Gasteiger partial charge on any atom is 0.358 e. The van der Waals surface area contributed by atoms with Crippen molar-refractivity contribution in [1.29, 1.82) is 0 Å². The molecule has 0 saturated heterocycles. The Kier molecular flexibility index (Phi) is 5.30. The fourth-order valence-electron chi connectivity index (χ4n) is 1.11. The van der Waals surface area contributed by atoms with Crippen molar-refractivity contribution in [2.24, 2.45) is 0 Å². The van der Waals surface area contributed by atoms with Crippen LogP contribution in [0.1, 0.15) is 17.4 Å². The number of nitrogens with one attached hydrogen (secondary N) is 1. The predicted molar refractivity (Wildman–Crippen MR) is 63.9 cm³/mol. The largest absolute Gasteiger partial charge is 0.476 e. The van der Waals surface area contributed by atoms with E-state index in [-0.39, 0.29) is 11.6 Å². The highest BCUT2D eigenvalue weighted by molar-refractivity contribution is 5.87. The highest BCUT2D eigenvalue weighted by atomic mass is 16.4. The van der Waals surface area contributed by atoms with E-state index in [1.54, 1.807) is 12.2 Å². The normalized spacial score (nSPS) is 11.2. The molecule has 0 unspecified atom stereocenters. The van der Waals surface area contributed by atoms with Crippen molar-refractivity contribution < 1.29 is 14.7 Å². The number of carboxylic acids is 1. The molecule has 0 saturated carbocycles. The lowest BCUT2D eigenvalue weighted by Gasteiger charge is -2.01. The van der Waals surface area contributed by atoms with Gasteiger partial charge >= 0.3 is 5.97 Å². The van der Waals surface area contributed by atoms with Crippen LogP contribution in [-0.4, -0.2) is 38.5 Å². The quantitative estimate of drug-likeness (QED) is 0.556. The van der Waals surface area contributed by atoms with Gasteiger partial charge in [0, 0.05) is 12.6 Å². The lowest BCUT2D eigenvalue weighted by Crippen LogP contribution is -2.25. The molecule has 0 aromatic carbocycles. The summed E-state index contributed by atoms with van der Waals surface area (Å²) >= 11 is 0. The number of rotatable bonds is 6. The summed E-state index contributed by atoms with van der Waals surface area (Å²) in [5.74, 6) is -1.34. The van der Waals surface area contributed by atoms with Gasteiger partial charge in [0.05, 0.1) is 12.7 Å². The van der Waals surface area contributed by atoms with E-state index < -0.39 is 5.97 Å². The van der Waals surface area contributed by atoms with Crippen LogP contribution in [0.2, 0.25) is 0 Å². The second-order valence-electron chi connectivity index (χ2n) is 3.35. The summed E-state index contributed by atoms with van der Waals surface area (Å²) in [6.45, 7) is 2.57. The van der Waals surface area contributed by atoms with Crippen molar-refractivity contribution in [3.05, 3.63) is 36.2 Å². The monoisotopic (exact) mass is 250 g/mol. The lowest BCUT2D eigenvalue weighted by atomic mass is 10.4. The van der Waals surface area contributed by atoms with Crippen LogP contribution in [0.15, 0.2) is 30.5 Å². The molecule has 0 atom stereocenters. The van der Waals surface area contributed by atoms with Gasteiger partial charge in [-0.2, -0.15) is 0 Å². The maximum absolute atomic E-state index is 11.3. The zero-order valence-corrected chi connectivity index (χ0v) is 9.91. The summed E-state index contributed by atoms with van der Waals surface area (Å²) in [4.78, 5) is 21.8. The van der Waals surface area contributed by atoms with Crippen LogP contribution >= 0.6 is 0 Å². The van der Waals surface area contributed by atoms with Gasteiger partial charge in [-0.3, -0.25) is 4.79 Å². The van der Waals surface area contributed by atoms with Crippen LogP contribution in [0, 0.1) is 0 Å². The Hall–Kier alpha value is -2.44. The first-order chi connectivity index (χ1) is 8.63. The van der Waals surface area contributed by atoms with Gasteiger partial charge in [-0.1, -0.05) is 23.4 Å². The topological polar surface area (TPSA) is 97.1 Å². The highest BCUT2D eigenvalue weighted by Gasteiger charge is 2.07. The number of allylic oxidation sites excluding steroid dienone is 3. The standard InChI is InChI=1S/C11H14N4O3/c1-2-3-4-5-10(16)12-6-7-15-8-9(11(17)18)13-14-15/h2-5,8H,6-7H2,1H3,(H,12,16)(H,17,18). The molecule has 7 heteroatoms. The Morgan fingerprint density at radius 1 is 1.50 bits per heavy atom. The molecule has 0 radical (unpaired) electrons. The van der Waals surface area contributed by atoms with Gasteiger partial charge < -0.3 is 10.4 Å². The molecule has 0 aliphatic heterocycles. The molecule has 0 spiro atoms. The minimum absolute atomic E-state index is 0.116. The predicted octanol–water partition coefficient (Wildman–Crippen LogP) is 0.225. The lowest BCUT2D eigenvalue weighted by molar-refractivity contribution is -0.116. The van der Waals surface area contributed by atoms with Crippen molar-refractivity contribution >= 4 is 11.9 Å². The van der Waals surface area contributed by atoms with Gasteiger partial charge in [-0.15, -0.1) is 5.10 Å². The molecule has 0 bridgehead atoms. The molecule has 7 nitrogen and oxygen atoms in total. The Morgan fingerprint density at radius 3 is 2.89 bits per heavy atom. The first-order valence-electron chi connectivity index (χ1n) is 5.34. The summed E-state index contributed by atoms with van der Waals surface area (Å²) in [6, 6.07) is 0. The van der Waals surface area contributed by atoms with E-state index in [9.17, 15) is 9.59 Å². The number of amides is 1. The summed E-state index contributed by atoms with van der Waals surface area (Å²) in [5.41, 5.74) is -0.116. The van der Waals surface area contributed by atoms with E-state index in [1.807, 2.05) is 13.0 Å². The number of aromatic carboxylic acids is 1. The van der Waals surface area contributed by atoms with Crippen LogP contribution in [0.4, 0.5) is 0 Å². The Labute approximate surface area is 104 Å². The molecule has 0 fully saturated rings. The van der Waals surface area contributed by atoms with Crippen LogP contribution in [0.3, 0.4) is 0 Å². The molecular formula is C11H14N4O3. The maximum atomic E-state index is 11.3. The molecule has 0 aliphatic rings. The zero-order chi connectivity index (χ0) is 13.4. The van der Waals surface area contributed by atoms with Crippen molar-refractivity contribution in [3.63, 3.8) is 0 Å². The number of carbonyl (C=O) groups excluding carboxylic acids is 1. The molecule has 1 aromatic heterocycles. The summed E-state index contributed by atoms with van der Waals surface area (Å²) < 4.78 is 1.36. The van der Waals surface area contributed by atoms with Crippen molar-refractivity contribution in [1.82, 2.24) is 20.3 Å². The second-order valence-corrected chi connectivity index (χ2v) is 3.35. The molecule has 0 aliphatic carbocycles. The van der Waals surface area contributed by atoms with Gasteiger partial charge in [0.2, 0.25) is 5.91 Å². The number of aromatic nitrogens is 3. The van der Waals surface area contributed by atoms with E-state index in [0.717, 1.165) is 0 Å². The van der Waals surface area contributed by atoms with Gasteiger partial charge in [0.25, 0.3) is 0 Å². The van der Waals surface area contributed by atoms with Gasteiger partial charge in [0.15, 0.2) is 5.69 Å². The van der Waals surface area contributed by atoms with Crippen molar-refractivity contribution in [3.8, 4) is 0 Å². The van der Waals surface area contributed by atoms with E-state index in [2.05, 4.69) is 15.6 Å². The summed E-state index contributed by atoms with van der Waals surface area (Å²) in [6.07, 6.45) is 7.91. The Bertz CT molecular complexity index is 476. The van der Waals surface area contributed by atoms with Crippen LogP contribution in [0.5, 0.6) is 0 Å². The van der Waals surface area contributed by atoms with Crippen LogP contribution < -0.4 is 5.32 Å². The molecule has 1 heterocycles. The van der Waals surface area contributed by atoms with E-state index in [0.29, 0.717) is 13.1 Å². The van der Waals surface area contributed by atoms with Crippen molar-refractivity contribution in [2.75, 3.05) is 6.54 Å². The molecular weight excluding hydrogens is 236 g/mol.